The van der Waals surface area contributed by atoms with Gasteiger partial charge in [-0.05, 0) is 38.5 Å². The van der Waals surface area contributed by atoms with Gasteiger partial charge in [0.05, 0.1) is 6.10 Å². The maximum Gasteiger partial charge on any atom is 0.0537 e. The molecule has 0 saturated heterocycles. The Labute approximate surface area is 95.6 Å². The van der Waals surface area contributed by atoms with Crippen LogP contribution in [0.2, 0.25) is 0 Å². The molecule has 1 nitrogen and oxygen atoms in total. The Hall–Kier alpha value is -0.300. The van der Waals surface area contributed by atoms with E-state index in [-0.39, 0.29) is 6.10 Å². The Morgan fingerprint density at radius 1 is 0.933 bits per heavy atom. The SMILES string of the molecule is CCCCCCC=CCCCC(O)CC. The molecule has 0 amide bonds. The van der Waals surface area contributed by atoms with E-state index in [4.69, 9.17) is 0 Å². The van der Waals surface area contributed by atoms with Gasteiger partial charge in [-0.25, -0.2) is 0 Å². The third kappa shape index (κ3) is 11.6. The van der Waals surface area contributed by atoms with Crippen molar-refractivity contribution in [2.45, 2.75) is 77.7 Å². The molecule has 0 aromatic carbocycles. The van der Waals surface area contributed by atoms with Crippen LogP contribution in [0.4, 0.5) is 0 Å². The van der Waals surface area contributed by atoms with E-state index in [0.29, 0.717) is 0 Å². The summed E-state index contributed by atoms with van der Waals surface area (Å²) in [5, 5.41) is 9.33. The van der Waals surface area contributed by atoms with E-state index >= 15 is 0 Å². The van der Waals surface area contributed by atoms with Gasteiger partial charge in [0, 0.05) is 0 Å². The van der Waals surface area contributed by atoms with Crippen molar-refractivity contribution in [2.24, 2.45) is 0 Å². The van der Waals surface area contributed by atoms with Crippen molar-refractivity contribution in [3.05, 3.63) is 12.2 Å². The molecular formula is C14H28O. The topological polar surface area (TPSA) is 20.2 Å². The highest BCUT2D eigenvalue weighted by Gasteiger charge is 1.97. The molecule has 15 heavy (non-hydrogen) atoms. The number of unbranched alkanes of at least 4 members (excludes halogenated alkanes) is 5. The third-order valence-corrected chi connectivity index (χ3v) is 2.77. The summed E-state index contributed by atoms with van der Waals surface area (Å²) >= 11 is 0. The van der Waals surface area contributed by atoms with Gasteiger partial charge in [0.15, 0.2) is 0 Å². The fourth-order valence-electron chi connectivity index (χ4n) is 1.60. The number of hydrogen-bond acceptors (Lipinski definition) is 1. The van der Waals surface area contributed by atoms with Crippen molar-refractivity contribution >= 4 is 0 Å². The molecule has 0 saturated carbocycles. The number of aliphatic hydroxyl groups excluding tert-OH is 1. The van der Waals surface area contributed by atoms with Gasteiger partial charge in [0.25, 0.3) is 0 Å². The van der Waals surface area contributed by atoms with Gasteiger partial charge in [-0.15, -0.1) is 0 Å². The number of rotatable bonds is 10. The van der Waals surface area contributed by atoms with E-state index in [1.807, 2.05) is 6.92 Å². The summed E-state index contributed by atoms with van der Waals surface area (Å²) in [6.45, 7) is 4.28. The van der Waals surface area contributed by atoms with Crippen LogP contribution >= 0.6 is 0 Å². The minimum absolute atomic E-state index is 0.0806. The van der Waals surface area contributed by atoms with E-state index in [1.165, 1.54) is 32.1 Å². The molecule has 0 heterocycles. The first-order valence-corrected chi connectivity index (χ1v) is 6.64. The van der Waals surface area contributed by atoms with Gasteiger partial charge in [-0.1, -0.05) is 45.3 Å². The Bertz CT molecular complexity index is 140. The van der Waals surface area contributed by atoms with E-state index in [2.05, 4.69) is 19.1 Å². The lowest BCUT2D eigenvalue weighted by Gasteiger charge is -2.04. The zero-order valence-electron chi connectivity index (χ0n) is 10.5. The van der Waals surface area contributed by atoms with Gasteiger partial charge >= 0.3 is 0 Å². The van der Waals surface area contributed by atoms with E-state index in [1.54, 1.807) is 0 Å². The molecule has 0 bridgehead atoms. The van der Waals surface area contributed by atoms with Crippen LogP contribution < -0.4 is 0 Å². The fraction of sp³-hybridized carbons (Fsp3) is 0.857. The summed E-state index contributed by atoms with van der Waals surface area (Å²) < 4.78 is 0. The minimum atomic E-state index is -0.0806. The molecule has 0 radical (unpaired) electrons. The maximum absolute atomic E-state index is 9.33. The number of allylic oxidation sites excluding steroid dienone is 2. The molecule has 0 aliphatic rings. The quantitative estimate of drug-likeness (QED) is 0.419. The predicted octanol–water partition coefficient (Wildman–Crippen LogP) is 4.45. The molecule has 0 aliphatic carbocycles. The van der Waals surface area contributed by atoms with Crippen LogP contribution in [-0.4, -0.2) is 11.2 Å². The highest BCUT2D eigenvalue weighted by Crippen LogP contribution is 2.06. The molecule has 0 rings (SSSR count). The Morgan fingerprint density at radius 3 is 2.20 bits per heavy atom. The standard InChI is InChI=1S/C14H28O/c1-3-5-6-7-8-9-10-11-12-13-14(15)4-2/h9-10,14-15H,3-8,11-13H2,1-2H3. The molecular weight excluding hydrogens is 184 g/mol. The highest BCUT2D eigenvalue weighted by molar-refractivity contribution is 4.81. The average Bonchev–Trinajstić information content (AvgIpc) is 2.26. The van der Waals surface area contributed by atoms with Crippen LogP contribution in [-0.2, 0) is 0 Å². The lowest BCUT2D eigenvalue weighted by molar-refractivity contribution is 0.158. The molecule has 1 atom stereocenters. The molecule has 90 valence electrons. The van der Waals surface area contributed by atoms with Crippen molar-refractivity contribution in [3.63, 3.8) is 0 Å². The van der Waals surface area contributed by atoms with Gasteiger partial charge < -0.3 is 5.11 Å². The van der Waals surface area contributed by atoms with E-state index < -0.39 is 0 Å². The Morgan fingerprint density at radius 2 is 1.60 bits per heavy atom. The van der Waals surface area contributed by atoms with Crippen LogP contribution in [0.25, 0.3) is 0 Å². The van der Waals surface area contributed by atoms with E-state index in [0.717, 1.165) is 25.7 Å². The van der Waals surface area contributed by atoms with Crippen molar-refractivity contribution in [3.8, 4) is 0 Å². The zero-order valence-corrected chi connectivity index (χ0v) is 10.5. The summed E-state index contributed by atoms with van der Waals surface area (Å²) in [4.78, 5) is 0. The predicted molar refractivity (Wildman–Crippen MR) is 68.0 cm³/mol. The Kier molecular flexibility index (Phi) is 11.5. The van der Waals surface area contributed by atoms with Crippen LogP contribution in [0.5, 0.6) is 0 Å². The lowest BCUT2D eigenvalue weighted by atomic mass is 10.1. The first-order chi connectivity index (χ1) is 7.31. The average molecular weight is 212 g/mol. The normalized spacial score (nSPS) is 13.5. The van der Waals surface area contributed by atoms with Crippen molar-refractivity contribution in [2.75, 3.05) is 0 Å². The number of hydrogen-bond donors (Lipinski definition) is 1. The molecule has 0 aliphatic heterocycles. The summed E-state index contributed by atoms with van der Waals surface area (Å²) in [5.41, 5.74) is 0. The summed E-state index contributed by atoms with van der Waals surface area (Å²) in [5.74, 6) is 0. The second-order valence-corrected chi connectivity index (χ2v) is 4.31. The molecule has 0 aromatic heterocycles. The molecule has 0 aromatic rings. The lowest BCUT2D eigenvalue weighted by Crippen LogP contribution is -2.02. The first kappa shape index (κ1) is 14.7. The van der Waals surface area contributed by atoms with Crippen molar-refractivity contribution in [1.29, 1.82) is 0 Å². The van der Waals surface area contributed by atoms with Gasteiger partial charge in [-0.2, -0.15) is 0 Å². The monoisotopic (exact) mass is 212 g/mol. The number of aliphatic hydroxyl groups is 1. The summed E-state index contributed by atoms with van der Waals surface area (Å²) in [6, 6.07) is 0. The molecule has 1 unspecified atom stereocenters. The maximum atomic E-state index is 9.33. The second-order valence-electron chi connectivity index (χ2n) is 4.31. The van der Waals surface area contributed by atoms with Crippen molar-refractivity contribution < 1.29 is 5.11 Å². The fourth-order valence-corrected chi connectivity index (χ4v) is 1.60. The molecule has 1 heteroatoms. The smallest absolute Gasteiger partial charge is 0.0537 e. The van der Waals surface area contributed by atoms with Crippen molar-refractivity contribution in [1.82, 2.24) is 0 Å². The highest BCUT2D eigenvalue weighted by atomic mass is 16.3. The van der Waals surface area contributed by atoms with Crippen LogP contribution in [0, 0.1) is 0 Å². The first-order valence-electron chi connectivity index (χ1n) is 6.64. The van der Waals surface area contributed by atoms with Crippen LogP contribution in [0.15, 0.2) is 12.2 Å². The molecule has 1 N–H and O–H groups in total. The summed E-state index contributed by atoms with van der Waals surface area (Å²) in [7, 11) is 0. The largest absolute Gasteiger partial charge is 0.393 e. The summed E-state index contributed by atoms with van der Waals surface area (Å²) in [6.07, 6.45) is 15.2. The van der Waals surface area contributed by atoms with E-state index in [9.17, 15) is 5.11 Å². The molecule has 0 fully saturated rings. The zero-order chi connectivity index (χ0) is 11.4. The van der Waals surface area contributed by atoms with Gasteiger partial charge in [0.1, 0.15) is 0 Å². The molecule has 0 spiro atoms. The Balaban J connectivity index is 3.10. The van der Waals surface area contributed by atoms with Gasteiger partial charge in [-0.3, -0.25) is 0 Å². The third-order valence-electron chi connectivity index (χ3n) is 2.77. The van der Waals surface area contributed by atoms with Crippen LogP contribution in [0.3, 0.4) is 0 Å². The van der Waals surface area contributed by atoms with Gasteiger partial charge in [0.2, 0.25) is 0 Å². The van der Waals surface area contributed by atoms with Crippen LogP contribution in [0.1, 0.15) is 71.6 Å². The second kappa shape index (κ2) is 11.8. The minimum Gasteiger partial charge on any atom is -0.393 e.